The summed E-state index contributed by atoms with van der Waals surface area (Å²) in [4.78, 5) is 23.1. The Morgan fingerprint density at radius 1 is 1.24 bits per heavy atom. The number of carbonyl (C=O) groups is 1. The van der Waals surface area contributed by atoms with E-state index in [0.29, 0.717) is 5.69 Å². The van der Waals surface area contributed by atoms with E-state index in [1.165, 1.54) is 18.2 Å². The number of anilines is 2. The summed E-state index contributed by atoms with van der Waals surface area (Å²) in [5.74, 6) is -1.32. The topological polar surface area (TPSA) is 83.7 Å². The summed E-state index contributed by atoms with van der Waals surface area (Å²) in [6.07, 6.45) is 0. The number of nitro benzene ring substituents is 1. The van der Waals surface area contributed by atoms with E-state index in [0.717, 1.165) is 11.3 Å². The molecule has 0 heterocycles. The van der Waals surface area contributed by atoms with Crippen LogP contribution < -0.4 is 4.90 Å². The molecular formula is C15H14N2O4. The van der Waals surface area contributed by atoms with Crippen LogP contribution in [0.2, 0.25) is 0 Å². The third-order valence-corrected chi connectivity index (χ3v) is 3.27. The molecule has 6 heteroatoms. The summed E-state index contributed by atoms with van der Waals surface area (Å²) < 4.78 is 0. The Morgan fingerprint density at radius 2 is 1.90 bits per heavy atom. The number of carboxylic acids is 1. The van der Waals surface area contributed by atoms with Crippen molar-refractivity contribution in [1.29, 1.82) is 0 Å². The zero-order valence-corrected chi connectivity index (χ0v) is 11.6. The maximum atomic E-state index is 11.2. The highest BCUT2D eigenvalue weighted by molar-refractivity contribution is 5.94. The van der Waals surface area contributed by atoms with Crippen molar-refractivity contribution < 1.29 is 14.8 Å². The molecule has 1 N–H and O–H groups in total. The highest BCUT2D eigenvalue weighted by Gasteiger charge is 2.21. The third-order valence-electron chi connectivity index (χ3n) is 3.27. The van der Waals surface area contributed by atoms with Crippen LogP contribution in [0.1, 0.15) is 15.9 Å². The molecule has 0 aliphatic carbocycles. The lowest BCUT2D eigenvalue weighted by Crippen LogP contribution is -2.12. The number of rotatable bonds is 4. The van der Waals surface area contributed by atoms with Crippen LogP contribution in [0.4, 0.5) is 17.1 Å². The normalized spacial score (nSPS) is 10.2. The molecule has 0 amide bonds. The van der Waals surface area contributed by atoms with Crippen molar-refractivity contribution in [1.82, 2.24) is 0 Å². The fourth-order valence-corrected chi connectivity index (χ4v) is 2.14. The Bertz CT molecular complexity index is 713. The monoisotopic (exact) mass is 286 g/mol. The first kappa shape index (κ1) is 14.5. The van der Waals surface area contributed by atoms with Gasteiger partial charge in [-0.3, -0.25) is 10.1 Å². The Morgan fingerprint density at radius 3 is 2.48 bits per heavy atom. The van der Waals surface area contributed by atoms with E-state index in [2.05, 4.69) is 0 Å². The lowest BCUT2D eigenvalue weighted by molar-refractivity contribution is -0.385. The van der Waals surface area contributed by atoms with Gasteiger partial charge in [0.15, 0.2) is 0 Å². The Balaban J connectivity index is 2.50. The van der Waals surface area contributed by atoms with Gasteiger partial charge in [0.2, 0.25) is 0 Å². The van der Waals surface area contributed by atoms with Crippen molar-refractivity contribution in [2.24, 2.45) is 0 Å². The van der Waals surface area contributed by atoms with E-state index in [4.69, 9.17) is 5.11 Å². The second-order valence-electron chi connectivity index (χ2n) is 4.61. The first-order valence-corrected chi connectivity index (χ1v) is 6.23. The molecule has 0 radical (unpaired) electrons. The number of hydrogen-bond donors (Lipinski definition) is 1. The van der Waals surface area contributed by atoms with E-state index in [9.17, 15) is 14.9 Å². The van der Waals surface area contributed by atoms with Gasteiger partial charge in [0.1, 0.15) is 5.56 Å². The molecule has 0 spiro atoms. The molecule has 2 aromatic rings. The lowest BCUT2D eigenvalue weighted by Gasteiger charge is -2.21. The number of aromatic carboxylic acids is 1. The molecule has 0 aliphatic heterocycles. The van der Waals surface area contributed by atoms with Gasteiger partial charge in [0.05, 0.1) is 4.92 Å². The van der Waals surface area contributed by atoms with E-state index >= 15 is 0 Å². The number of nitrogens with zero attached hydrogens (tertiary/aromatic N) is 2. The number of benzene rings is 2. The number of aryl methyl sites for hydroxylation is 1. The minimum atomic E-state index is -1.32. The summed E-state index contributed by atoms with van der Waals surface area (Å²) in [5.41, 5.74) is 1.77. The van der Waals surface area contributed by atoms with Gasteiger partial charge in [0, 0.05) is 24.5 Å². The van der Waals surface area contributed by atoms with Crippen LogP contribution in [0.25, 0.3) is 0 Å². The van der Waals surface area contributed by atoms with Gasteiger partial charge in [-0.15, -0.1) is 0 Å². The predicted octanol–water partition coefficient (Wildman–Crippen LogP) is 3.37. The maximum absolute atomic E-state index is 11.2. The Hall–Kier alpha value is -2.89. The van der Waals surface area contributed by atoms with Gasteiger partial charge in [-0.1, -0.05) is 18.2 Å². The van der Waals surface area contributed by atoms with Crippen LogP contribution in [0.15, 0.2) is 42.5 Å². The van der Waals surface area contributed by atoms with Gasteiger partial charge in [-0.05, 0) is 30.7 Å². The van der Waals surface area contributed by atoms with Crippen molar-refractivity contribution in [3.8, 4) is 0 Å². The molecule has 0 atom stereocenters. The molecule has 0 saturated heterocycles. The number of nitro groups is 1. The largest absolute Gasteiger partial charge is 0.477 e. The molecule has 0 saturated carbocycles. The maximum Gasteiger partial charge on any atom is 0.342 e. The van der Waals surface area contributed by atoms with Crippen LogP contribution in [0, 0.1) is 17.0 Å². The first-order valence-electron chi connectivity index (χ1n) is 6.23. The van der Waals surface area contributed by atoms with E-state index in [1.807, 2.05) is 31.2 Å². The van der Waals surface area contributed by atoms with Gasteiger partial charge >= 0.3 is 5.97 Å². The third kappa shape index (κ3) is 2.84. The zero-order valence-electron chi connectivity index (χ0n) is 11.6. The quantitative estimate of drug-likeness (QED) is 0.688. The molecule has 0 aliphatic rings. The van der Waals surface area contributed by atoms with E-state index in [1.54, 1.807) is 11.9 Å². The summed E-state index contributed by atoms with van der Waals surface area (Å²) in [6.45, 7) is 1.94. The van der Waals surface area contributed by atoms with Crippen LogP contribution in [0.5, 0.6) is 0 Å². The fourth-order valence-electron chi connectivity index (χ4n) is 2.14. The zero-order chi connectivity index (χ0) is 15.6. The number of carboxylic acid groups (broad SMARTS) is 1. The summed E-state index contributed by atoms with van der Waals surface area (Å²) in [6, 6.07) is 11.7. The standard InChI is InChI=1S/C15H14N2O4/c1-10-5-3-4-6-13(10)16(2)11-7-8-14(17(20)21)12(9-11)15(18)19/h3-9H,1-2H3,(H,18,19). The average molecular weight is 286 g/mol. The predicted molar refractivity (Wildman–Crippen MR) is 79.3 cm³/mol. The van der Waals surface area contributed by atoms with E-state index < -0.39 is 16.6 Å². The number of hydrogen-bond acceptors (Lipinski definition) is 4. The van der Waals surface area contributed by atoms with Crippen molar-refractivity contribution in [2.75, 3.05) is 11.9 Å². The lowest BCUT2D eigenvalue weighted by atomic mass is 10.1. The second kappa shape index (κ2) is 5.62. The molecule has 0 fully saturated rings. The van der Waals surface area contributed by atoms with Crippen LogP contribution in [0.3, 0.4) is 0 Å². The van der Waals surface area contributed by atoms with Gasteiger partial charge < -0.3 is 10.0 Å². The molecule has 108 valence electrons. The van der Waals surface area contributed by atoms with Crippen molar-refractivity contribution in [3.05, 3.63) is 63.7 Å². The fraction of sp³-hybridized carbons (Fsp3) is 0.133. The molecular weight excluding hydrogens is 272 g/mol. The van der Waals surface area contributed by atoms with Crippen molar-refractivity contribution in [3.63, 3.8) is 0 Å². The molecule has 2 rings (SSSR count). The minimum absolute atomic E-state index is 0.321. The molecule has 2 aromatic carbocycles. The SMILES string of the molecule is Cc1ccccc1N(C)c1ccc([N+](=O)[O-])c(C(=O)O)c1. The molecule has 21 heavy (non-hydrogen) atoms. The average Bonchev–Trinajstić information content (AvgIpc) is 2.46. The number of para-hydroxylation sites is 1. The van der Waals surface area contributed by atoms with Crippen LogP contribution in [-0.4, -0.2) is 23.0 Å². The van der Waals surface area contributed by atoms with Crippen LogP contribution >= 0.6 is 0 Å². The first-order chi connectivity index (χ1) is 9.91. The Kier molecular flexibility index (Phi) is 3.89. The smallest absolute Gasteiger partial charge is 0.342 e. The van der Waals surface area contributed by atoms with Crippen molar-refractivity contribution >= 4 is 23.0 Å². The molecule has 0 aromatic heterocycles. The highest BCUT2D eigenvalue weighted by atomic mass is 16.6. The highest BCUT2D eigenvalue weighted by Crippen LogP contribution is 2.30. The van der Waals surface area contributed by atoms with Gasteiger partial charge in [-0.2, -0.15) is 0 Å². The summed E-state index contributed by atoms with van der Waals surface area (Å²) in [5, 5.41) is 20.0. The molecule has 0 unspecified atom stereocenters. The van der Waals surface area contributed by atoms with E-state index in [-0.39, 0.29) is 5.56 Å². The Labute approximate surface area is 121 Å². The molecule has 0 bridgehead atoms. The van der Waals surface area contributed by atoms with Crippen LogP contribution in [-0.2, 0) is 0 Å². The van der Waals surface area contributed by atoms with Gasteiger partial charge in [-0.25, -0.2) is 4.79 Å². The van der Waals surface area contributed by atoms with Gasteiger partial charge in [0.25, 0.3) is 5.69 Å². The summed E-state index contributed by atoms with van der Waals surface area (Å²) in [7, 11) is 1.79. The molecule has 6 nitrogen and oxygen atoms in total. The van der Waals surface area contributed by atoms with Crippen molar-refractivity contribution in [2.45, 2.75) is 6.92 Å². The summed E-state index contributed by atoms with van der Waals surface area (Å²) >= 11 is 0. The minimum Gasteiger partial charge on any atom is -0.477 e. The second-order valence-corrected chi connectivity index (χ2v) is 4.61.